The molecule has 0 aromatic heterocycles. The van der Waals surface area contributed by atoms with Crippen LogP contribution in [0.4, 0.5) is 11.4 Å². The first-order valence-corrected chi connectivity index (χ1v) is 10.5. The van der Waals surface area contributed by atoms with Crippen LogP contribution in [0.1, 0.15) is 18.4 Å². The van der Waals surface area contributed by atoms with Gasteiger partial charge >= 0.3 is 0 Å². The van der Waals surface area contributed by atoms with Gasteiger partial charge in [-0.1, -0.05) is 72.3 Å². The summed E-state index contributed by atoms with van der Waals surface area (Å²) in [5, 5.41) is 5.79. The zero-order valence-corrected chi connectivity index (χ0v) is 17.7. The lowest BCUT2D eigenvalue weighted by Gasteiger charge is -2.35. The van der Waals surface area contributed by atoms with Gasteiger partial charge < -0.3 is 10.6 Å². The van der Waals surface area contributed by atoms with Gasteiger partial charge in [0.15, 0.2) is 5.78 Å². The van der Waals surface area contributed by atoms with Crippen molar-refractivity contribution in [3.63, 3.8) is 0 Å². The maximum atomic E-state index is 13.4. The number of ketones is 1. The topological polar surface area (TPSA) is 75.3 Å². The second-order valence-corrected chi connectivity index (χ2v) is 7.89. The molecular weight excluding hydrogens is 400 g/mol. The fourth-order valence-corrected chi connectivity index (χ4v) is 4.26. The van der Waals surface area contributed by atoms with Crippen LogP contribution in [-0.4, -0.2) is 17.6 Å². The highest BCUT2D eigenvalue weighted by atomic mass is 16.2. The molecule has 160 valence electrons. The summed E-state index contributed by atoms with van der Waals surface area (Å²) in [6, 6.07) is 27.5. The lowest BCUT2D eigenvalue weighted by atomic mass is 9.67. The van der Waals surface area contributed by atoms with E-state index >= 15 is 0 Å². The highest BCUT2D eigenvalue weighted by molar-refractivity contribution is 6.14. The number of para-hydroxylation sites is 2. The molecule has 0 heterocycles. The van der Waals surface area contributed by atoms with Crippen molar-refractivity contribution in [2.45, 2.75) is 12.8 Å². The van der Waals surface area contributed by atoms with Gasteiger partial charge in [-0.2, -0.15) is 0 Å². The van der Waals surface area contributed by atoms with Crippen LogP contribution in [0.15, 0.2) is 103 Å². The Kier molecular flexibility index (Phi) is 6.26. The second kappa shape index (κ2) is 9.43. The number of benzene rings is 3. The molecule has 0 saturated heterocycles. The Morgan fingerprint density at radius 2 is 1.09 bits per heavy atom. The van der Waals surface area contributed by atoms with Gasteiger partial charge in [-0.15, -0.1) is 0 Å². The van der Waals surface area contributed by atoms with E-state index in [1.54, 1.807) is 19.1 Å². The van der Waals surface area contributed by atoms with Gasteiger partial charge in [-0.25, -0.2) is 0 Å². The monoisotopic (exact) mass is 424 g/mol. The summed E-state index contributed by atoms with van der Waals surface area (Å²) in [5.41, 5.74) is 2.68. The lowest BCUT2D eigenvalue weighted by molar-refractivity contribution is -0.131. The highest BCUT2D eigenvalue weighted by Crippen LogP contribution is 2.42. The maximum Gasteiger partial charge on any atom is 0.235 e. The van der Waals surface area contributed by atoms with E-state index in [4.69, 9.17) is 0 Å². The number of carbonyl (C=O) groups is 3. The molecule has 0 aliphatic heterocycles. The van der Waals surface area contributed by atoms with E-state index in [0.717, 1.165) is 5.56 Å². The molecule has 1 aliphatic carbocycles. The minimum Gasteiger partial charge on any atom is -0.326 e. The van der Waals surface area contributed by atoms with Crippen molar-refractivity contribution in [3.8, 4) is 0 Å². The van der Waals surface area contributed by atoms with E-state index in [2.05, 4.69) is 10.6 Å². The fourth-order valence-electron chi connectivity index (χ4n) is 4.26. The highest BCUT2D eigenvalue weighted by Gasteiger charge is 2.46. The zero-order valence-electron chi connectivity index (χ0n) is 17.7. The van der Waals surface area contributed by atoms with Crippen molar-refractivity contribution in [2.24, 2.45) is 11.8 Å². The first kappa shape index (κ1) is 21.2. The molecule has 4 rings (SSSR count). The van der Waals surface area contributed by atoms with Gasteiger partial charge in [0.05, 0.1) is 5.92 Å². The molecule has 0 fully saturated rings. The summed E-state index contributed by atoms with van der Waals surface area (Å²) in [6.07, 6.45) is 1.43. The summed E-state index contributed by atoms with van der Waals surface area (Å²) in [6.45, 7) is 1.77. The molecule has 5 nitrogen and oxygen atoms in total. The van der Waals surface area contributed by atoms with Gasteiger partial charge in [-0.05, 0) is 42.8 Å². The SMILES string of the molecule is CC1=CC(=O)[C@H](C(=O)Nc2ccccc2)[C@@H](c2ccccc2)[C@H]1C(=O)Nc1ccccc1. The average Bonchev–Trinajstić information content (AvgIpc) is 2.80. The molecule has 0 radical (unpaired) electrons. The lowest BCUT2D eigenvalue weighted by Crippen LogP contribution is -2.44. The summed E-state index contributed by atoms with van der Waals surface area (Å²) >= 11 is 0. The van der Waals surface area contributed by atoms with E-state index in [0.29, 0.717) is 16.9 Å². The second-order valence-electron chi connectivity index (χ2n) is 7.89. The molecule has 3 aromatic rings. The van der Waals surface area contributed by atoms with Crippen LogP contribution in [0.2, 0.25) is 0 Å². The van der Waals surface area contributed by atoms with Gasteiger partial charge in [0.25, 0.3) is 0 Å². The summed E-state index contributed by atoms with van der Waals surface area (Å²) in [4.78, 5) is 39.8. The standard InChI is InChI=1S/C27H24N2O3/c1-18-17-22(30)25(27(32)29-21-15-9-4-10-16-21)24(19-11-5-2-6-12-19)23(18)26(31)28-20-13-7-3-8-14-20/h2-17,23-25H,1H3,(H,28,31)(H,29,32)/t23-,24-,25-/m0/s1. The van der Waals surface area contributed by atoms with Crippen molar-refractivity contribution >= 4 is 29.0 Å². The largest absolute Gasteiger partial charge is 0.326 e. The molecule has 32 heavy (non-hydrogen) atoms. The molecule has 2 amide bonds. The number of hydrogen-bond acceptors (Lipinski definition) is 3. The molecule has 0 spiro atoms. The zero-order chi connectivity index (χ0) is 22.5. The summed E-state index contributed by atoms with van der Waals surface area (Å²) in [7, 11) is 0. The molecule has 0 saturated carbocycles. The Labute approximate surface area is 187 Å². The van der Waals surface area contributed by atoms with E-state index < -0.39 is 23.7 Å². The van der Waals surface area contributed by atoms with E-state index in [9.17, 15) is 14.4 Å². The Balaban J connectivity index is 1.72. The van der Waals surface area contributed by atoms with Crippen LogP contribution in [-0.2, 0) is 14.4 Å². The number of allylic oxidation sites excluding steroid dienone is 1. The van der Waals surface area contributed by atoms with Crippen LogP contribution in [0.3, 0.4) is 0 Å². The molecule has 0 bridgehead atoms. The van der Waals surface area contributed by atoms with Crippen LogP contribution in [0.5, 0.6) is 0 Å². The van der Waals surface area contributed by atoms with Crippen LogP contribution in [0, 0.1) is 11.8 Å². The summed E-state index contributed by atoms with van der Waals surface area (Å²) < 4.78 is 0. The number of carbonyl (C=O) groups excluding carboxylic acids is 3. The maximum absolute atomic E-state index is 13.4. The predicted octanol–water partition coefficient (Wildman–Crippen LogP) is 4.81. The van der Waals surface area contributed by atoms with Crippen molar-refractivity contribution in [1.29, 1.82) is 0 Å². The van der Waals surface area contributed by atoms with Crippen molar-refractivity contribution in [3.05, 3.63) is 108 Å². The van der Waals surface area contributed by atoms with Gasteiger partial charge in [0.1, 0.15) is 5.92 Å². The van der Waals surface area contributed by atoms with Crippen LogP contribution < -0.4 is 10.6 Å². The smallest absolute Gasteiger partial charge is 0.235 e. The first-order valence-electron chi connectivity index (χ1n) is 10.5. The third-order valence-corrected chi connectivity index (χ3v) is 5.72. The number of anilines is 2. The number of hydrogen-bond donors (Lipinski definition) is 2. The van der Waals surface area contributed by atoms with E-state index in [-0.39, 0.29) is 11.7 Å². The quantitative estimate of drug-likeness (QED) is 0.577. The molecule has 3 atom stereocenters. The fraction of sp³-hybridized carbons (Fsp3) is 0.148. The molecule has 0 unspecified atom stereocenters. The normalized spacial score (nSPS) is 20.2. The molecule has 1 aliphatic rings. The van der Waals surface area contributed by atoms with E-state index in [1.165, 1.54) is 6.08 Å². The Bertz CT molecular complexity index is 1140. The van der Waals surface area contributed by atoms with Crippen molar-refractivity contribution in [1.82, 2.24) is 0 Å². The number of rotatable bonds is 5. The van der Waals surface area contributed by atoms with Gasteiger partial charge in [-0.3, -0.25) is 14.4 Å². The van der Waals surface area contributed by atoms with Gasteiger partial charge in [0, 0.05) is 17.3 Å². The Morgan fingerprint density at radius 3 is 1.59 bits per heavy atom. The molecular formula is C27H24N2O3. The Hall–Kier alpha value is -3.99. The molecule has 5 heteroatoms. The third-order valence-electron chi connectivity index (χ3n) is 5.72. The Morgan fingerprint density at radius 1 is 0.656 bits per heavy atom. The predicted molar refractivity (Wildman–Crippen MR) is 125 cm³/mol. The third kappa shape index (κ3) is 4.52. The molecule has 3 aromatic carbocycles. The minimum absolute atomic E-state index is 0.246. The number of amides is 2. The van der Waals surface area contributed by atoms with Gasteiger partial charge in [0.2, 0.25) is 11.8 Å². The number of nitrogens with one attached hydrogen (secondary N) is 2. The summed E-state index contributed by atoms with van der Waals surface area (Å²) in [5.74, 6) is -3.27. The van der Waals surface area contributed by atoms with Crippen LogP contribution >= 0.6 is 0 Å². The first-order chi connectivity index (χ1) is 15.5. The minimum atomic E-state index is -1.02. The van der Waals surface area contributed by atoms with E-state index in [1.807, 2.05) is 78.9 Å². The van der Waals surface area contributed by atoms with Crippen LogP contribution in [0.25, 0.3) is 0 Å². The van der Waals surface area contributed by atoms with Crippen molar-refractivity contribution < 1.29 is 14.4 Å². The average molecular weight is 425 g/mol. The van der Waals surface area contributed by atoms with Crippen molar-refractivity contribution in [2.75, 3.05) is 10.6 Å². The molecule has 2 N–H and O–H groups in total.